The number of hydrogen-bond acceptors (Lipinski definition) is 4. The van der Waals surface area contributed by atoms with Gasteiger partial charge in [0, 0.05) is 11.5 Å². The zero-order valence-electron chi connectivity index (χ0n) is 11.8. The average Bonchev–Trinajstić information content (AvgIpc) is 2.72. The molecule has 0 saturated carbocycles. The molecule has 1 aromatic carbocycles. The van der Waals surface area contributed by atoms with Crippen molar-refractivity contribution >= 4 is 6.01 Å². The van der Waals surface area contributed by atoms with Crippen LogP contribution in [0, 0.1) is 0 Å². The Kier molecular flexibility index (Phi) is 3.79. The van der Waals surface area contributed by atoms with E-state index in [2.05, 4.69) is 18.8 Å². The molecule has 4 nitrogen and oxygen atoms in total. The molecule has 0 aliphatic heterocycles. The van der Waals surface area contributed by atoms with Crippen LogP contribution in [0.5, 0.6) is 5.75 Å². The Hall–Kier alpha value is -1.97. The Morgan fingerprint density at radius 1 is 1.11 bits per heavy atom. The third-order valence-electron chi connectivity index (χ3n) is 2.69. The molecular formula is C15H20N2O2. The van der Waals surface area contributed by atoms with Crippen molar-refractivity contribution in [1.82, 2.24) is 4.98 Å². The Morgan fingerprint density at radius 3 is 2.26 bits per heavy atom. The maximum atomic E-state index is 5.65. The minimum absolute atomic E-state index is 0.166. The van der Waals surface area contributed by atoms with E-state index >= 15 is 0 Å². The fourth-order valence-electron chi connectivity index (χ4n) is 1.91. The Labute approximate surface area is 113 Å². The summed E-state index contributed by atoms with van der Waals surface area (Å²) in [5.41, 5.74) is 7.44. The molecule has 4 heteroatoms. The smallest absolute Gasteiger partial charge is 0.292 e. The van der Waals surface area contributed by atoms with Crippen LogP contribution in [0.2, 0.25) is 0 Å². The number of oxazole rings is 1. The first-order valence-corrected chi connectivity index (χ1v) is 6.50. The molecule has 0 aliphatic rings. The SMILES string of the molecule is CC(C)Oc1ccc(-c2nc(N)oc2C(C)C)cc1. The van der Waals surface area contributed by atoms with E-state index in [9.17, 15) is 0 Å². The summed E-state index contributed by atoms with van der Waals surface area (Å²) >= 11 is 0. The number of rotatable bonds is 4. The maximum absolute atomic E-state index is 5.65. The standard InChI is InChI=1S/C15H20N2O2/c1-9(2)14-13(17-15(16)19-14)11-5-7-12(8-6-11)18-10(3)4/h5-10H,1-4H3,(H2,16,17). The molecule has 0 spiro atoms. The minimum atomic E-state index is 0.166. The average molecular weight is 260 g/mol. The molecule has 0 atom stereocenters. The van der Waals surface area contributed by atoms with Crippen LogP contribution in [0.15, 0.2) is 28.7 Å². The summed E-state index contributed by atoms with van der Waals surface area (Å²) in [6, 6.07) is 8.03. The van der Waals surface area contributed by atoms with Crippen molar-refractivity contribution in [3.8, 4) is 17.0 Å². The monoisotopic (exact) mass is 260 g/mol. The van der Waals surface area contributed by atoms with Gasteiger partial charge in [0.15, 0.2) is 0 Å². The van der Waals surface area contributed by atoms with E-state index in [0.29, 0.717) is 0 Å². The predicted molar refractivity (Wildman–Crippen MR) is 76.2 cm³/mol. The second-order valence-corrected chi connectivity index (χ2v) is 5.11. The van der Waals surface area contributed by atoms with E-state index in [1.54, 1.807) is 0 Å². The zero-order chi connectivity index (χ0) is 14.0. The molecule has 0 unspecified atom stereocenters. The van der Waals surface area contributed by atoms with Gasteiger partial charge in [-0.05, 0) is 38.1 Å². The molecule has 1 heterocycles. The second kappa shape index (κ2) is 5.34. The fourth-order valence-corrected chi connectivity index (χ4v) is 1.91. The summed E-state index contributed by atoms with van der Waals surface area (Å²) in [5, 5.41) is 0. The molecule has 1 aromatic heterocycles. The maximum Gasteiger partial charge on any atom is 0.292 e. The third-order valence-corrected chi connectivity index (χ3v) is 2.69. The number of nitrogen functional groups attached to an aromatic ring is 1. The highest BCUT2D eigenvalue weighted by Crippen LogP contribution is 2.31. The summed E-state index contributed by atoms with van der Waals surface area (Å²) in [4.78, 5) is 4.26. The van der Waals surface area contributed by atoms with Crippen LogP contribution in [-0.2, 0) is 0 Å². The van der Waals surface area contributed by atoms with Crippen LogP contribution < -0.4 is 10.5 Å². The molecule has 102 valence electrons. The van der Waals surface area contributed by atoms with Crippen LogP contribution in [0.1, 0.15) is 39.4 Å². The van der Waals surface area contributed by atoms with Crippen molar-refractivity contribution in [2.24, 2.45) is 0 Å². The van der Waals surface area contributed by atoms with Crippen LogP contribution in [0.3, 0.4) is 0 Å². The van der Waals surface area contributed by atoms with E-state index in [-0.39, 0.29) is 18.0 Å². The first-order valence-electron chi connectivity index (χ1n) is 6.50. The van der Waals surface area contributed by atoms with Gasteiger partial charge in [0.2, 0.25) is 0 Å². The number of hydrogen-bond donors (Lipinski definition) is 1. The predicted octanol–water partition coefficient (Wildman–Crippen LogP) is 3.83. The van der Waals surface area contributed by atoms with Crippen molar-refractivity contribution in [2.45, 2.75) is 39.7 Å². The molecule has 0 saturated heterocycles. The second-order valence-electron chi connectivity index (χ2n) is 5.11. The van der Waals surface area contributed by atoms with Crippen LogP contribution in [0.25, 0.3) is 11.3 Å². The highest BCUT2D eigenvalue weighted by molar-refractivity contribution is 5.64. The van der Waals surface area contributed by atoms with E-state index in [1.165, 1.54) is 0 Å². The number of benzene rings is 1. The van der Waals surface area contributed by atoms with Crippen molar-refractivity contribution in [3.05, 3.63) is 30.0 Å². The van der Waals surface area contributed by atoms with Gasteiger partial charge < -0.3 is 14.9 Å². The highest BCUT2D eigenvalue weighted by atomic mass is 16.5. The quantitative estimate of drug-likeness (QED) is 0.907. The number of ether oxygens (including phenoxy) is 1. The number of nitrogens with zero attached hydrogens (tertiary/aromatic N) is 1. The van der Waals surface area contributed by atoms with Crippen molar-refractivity contribution < 1.29 is 9.15 Å². The number of nitrogens with two attached hydrogens (primary N) is 1. The normalized spacial score (nSPS) is 11.3. The molecule has 0 radical (unpaired) electrons. The van der Waals surface area contributed by atoms with Gasteiger partial charge in [-0.3, -0.25) is 0 Å². The lowest BCUT2D eigenvalue weighted by atomic mass is 10.0. The van der Waals surface area contributed by atoms with Gasteiger partial charge in [0.25, 0.3) is 6.01 Å². The summed E-state index contributed by atoms with van der Waals surface area (Å²) in [6.07, 6.45) is 0.166. The van der Waals surface area contributed by atoms with Gasteiger partial charge >= 0.3 is 0 Å². The van der Waals surface area contributed by atoms with Gasteiger partial charge in [-0.1, -0.05) is 13.8 Å². The van der Waals surface area contributed by atoms with Gasteiger partial charge in [0.05, 0.1) is 6.10 Å². The summed E-state index contributed by atoms with van der Waals surface area (Å²) in [6.45, 7) is 8.12. The largest absolute Gasteiger partial charge is 0.491 e. The molecule has 2 rings (SSSR count). The van der Waals surface area contributed by atoms with Crippen molar-refractivity contribution in [1.29, 1.82) is 0 Å². The van der Waals surface area contributed by atoms with Gasteiger partial charge in [-0.15, -0.1) is 0 Å². The van der Waals surface area contributed by atoms with Crippen LogP contribution in [-0.4, -0.2) is 11.1 Å². The molecule has 0 fully saturated rings. The molecule has 0 bridgehead atoms. The van der Waals surface area contributed by atoms with Crippen LogP contribution in [0.4, 0.5) is 6.01 Å². The lowest BCUT2D eigenvalue weighted by Gasteiger charge is -2.10. The van der Waals surface area contributed by atoms with E-state index in [4.69, 9.17) is 14.9 Å². The first kappa shape index (κ1) is 13.5. The third kappa shape index (κ3) is 3.08. The van der Waals surface area contributed by atoms with Crippen molar-refractivity contribution in [2.75, 3.05) is 5.73 Å². The summed E-state index contributed by atoms with van der Waals surface area (Å²) in [7, 11) is 0. The lowest BCUT2D eigenvalue weighted by Crippen LogP contribution is -2.05. The number of anilines is 1. The Bertz CT molecular complexity index is 542. The van der Waals surface area contributed by atoms with Gasteiger partial charge in [0.1, 0.15) is 17.2 Å². The summed E-state index contributed by atoms with van der Waals surface area (Å²) < 4.78 is 11.1. The van der Waals surface area contributed by atoms with E-state index in [1.807, 2.05) is 38.1 Å². The molecule has 2 N–H and O–H groups in total. The molecule has 19 heavy (non-hydrogen) atoms. The van der Waals surface area contributed by atoms with Crippen LogP contribution >= 0.6 is 0 Å². The Balaban J connectivity index is 2.32. The molecule has 0 amide bonds. The lowest BCUT2D eigenvalue weighted by molar-refractivity contribution is 0.242. The first-order chi connectivity index (χ1) is 8.97. The summed E-state index contributed by atoms with van der Waals surface area (Å²) in [5.74, 6) is 1.91. The van der Waals surface area contributed by atoms with Gasteiger partial charge in [-0.2, -0.15) is 4.98 Å². The van der Waals surface area contributed by atoms with Gasteiger partial charge in [-0.25, -0.2) is 0 Å². The topological polar surface area (TPSA) is 61.3 Å². The zero-order valence-corrected chi connectivity index (χ0v) is 11.8. The number of aromatic nitrogens is 1. The molecule has 0 aliphatic carbocycles. The fraction of sp³-hybridized carbons (Fsp3) is 0.400. The minimum Gasteiger partial charge on any atom is -0.491 e. The molecule has 2 aromatic rings. The molecular weight excluding hydrogens is 240 g/mol. The highest BCUT2D eigenvalue weighted by Gasteiger charge is 2.16. The Morgan fingerprint density at radius 2 is 1.74 bits per heavy atom. The van der Waals surface area contributed by atoms with E-state index in [0.717, 1.165) is 22.8 Å². The van der Waals surface area contributed by atoms with E-state index < -0.39 is 0 Å². The van der Waals surface area contributed by atoms with Crippen molar-refractivity contribution in [3.63, 3.8) is 0 Å².